The van der Waals surface area contributed by atoms with Gasteiger partial charge < -0.3 is 14.6 Å². The van der Waals surface area contributed by atoms with Gasteiger partial charge in [-0.2, -0.15) is 13.2 Å². The van der Waals surface area contributed by atoms with Gasteiger partial charge in [0.2, 0.25) is 0 Å². The first-order chi connectivity index (χ1) is 12.2. The molecule has 148 valence electrons. The van der Waals surface area contributed by atoms with Gasteiger partial charge in [-0.05, 0) is 38.3 Å². The van der Waals surface area contributed by atoms with Gasteiger partial charge in [-0.15, -0.1) is 11.3 Å². The normalized spacial score (nSPS) is 26.1. The largest absolute Gasteiger partial charge is 0.490 e. The van der Waals surface area contributed by atoms with Crippen LogP contribution in [0.3, 0.4) is 0 Å². The molecule has 1 aromatic heterocycles. The second-order valence-electron chi connectivity index (χ2n) is 6.47. The predicted molar refractivity (Wildman–Crippen MR) is 91.3 cm³/mol. The number of methoxy groups -OCH3 is 1. The fraction of sp³-hybridized carbons (Fsp3) is 0.706. The number of carboxylic acids is 1. The highest BCUT2D eigenvalue weighted by atomic mass is 32.1. The van der Waals surface area contributed by atoms with Crippen molar-refractivity contribution >= 4 is 17.3 Å². The molecule has 2 aliphatic heterocycles. The van der Waals surface area contributed by atoms with Crippen molar-refractivity contribution in [2.24, 2.45) is 0 Å². The monoisotopic (exact) mass is 395 g/mol. The van der Waals surface area contributed by atoms with Gasteiger partial charge in [-0.25, -0.2) is 4.79 Å². The van der Waals surface area contributed by atoms with Crippen LogP contribution in [0.5, 0.6) is 0 Å². The average molecular weight is 395 g/mol. The van der Waals surface area contributed by atoms with Crippen LogP contribution >= 0.6 is 11.3 Å². The van der Waals surface area contributed by atoms with Crippen molar-refractivity contribution in [2.75, 3.05) is 20.3 Å². The molecule has 1 N–H and O–H groups in total. The second-order valence-corrected chi connectivity index (χ2v) is 7.84. The number of aliphatic carboxylic acids is 1. The maximum atomic E-state index is 10.6. The molecule has 0 unspecified atom stereocenters. The number of hydrogen-bond donors (Lipinski definition) is 1. The summed E-state index contributed by atoms with van der Waals surface area (Å²) >= 11 is 1.92. The Morgan fingerprint density at radius 2 is 2.08 bits per heavy atom. The van der Waals surface area contributed by atoms with E-state index in [-0.39, 0.29) is 0 Å². The van der Waals surface area contributed by atoms with Gasteiger partial charge in [0.1, 0.15) is 0 Å². The van der Waals surface area contributed by atoms with Crippen LogP contribution in [0.25, 0.3) is 0 Å². The van der Waals surface area contributed by atoms with Crippen LogP contribution in [0.15, 0.2) is 12.1 Å². The quantitative estimate of drug-likeness (QED) is 0.846. The Kier molecular flexibility index (Phi) is 7.45. The van der Waals surface area contributed by atoms with E-state index in [2.05, 4.69) is 24.0 Å². The van der Waals surface area contributed by atoms with E-state index in [4.69, 9.17) is 19.4 Å². The van der Waals surface area contributed by atoms with Crippen molar-refractivity contribution < 1.29 is 32.5 Å². The molecule has 0 bridgehead atoms. The molecule has 3 rings (SSSR count). The molecule has 0 radical (unpaired) electrons. The Labute approximate surface area is 154 Å². The number of thiophene rings is 1. The molecule has 2 fully saturated rings. The van der Waals surface area contributed by atoms with E-state index in [1.807, 2.05) is 11.3 Å². The van der Waals surface area contributed by atoms with E-state index in [0.717, 1.165) is 19.6 Å². The Balaban J connectivity index is 0.000000298. The van der Waals surface area contributed by atoms with Gasteiger partial charge in [0.15, 0.2) is 0 Å². The third-order valence-corrected chi connectivity index (χ3v) is 5.49. The predicted octanol–water partition coefficient (Wildman–Crippen LogP) is 3.46. The lowest BCUT2D eigenvalue weighted by atomic mass is 9.99. The summed E-state index contributed by atoms with van der Waals surface area (Å²) in [7, 11) is 1.76. The third kappa shape index (κ3) is 5.94. The average Bonchev–Trinajstić information content (AvgIpc) is 3.14. The summed E-state index contributed by atoms with van der Waals surface area (Å²) < 4.78 is 43.1. The number of rotatable bonds is 4. The standard InChI is InChI=1S/C15H23NO2S.C2HF3O2/c1-11-3-5-13(19-11)9-16-8-7-15-14(16)6-4-12(18-15)10-17-2;3-2(4,5)1(6)7/h3,5,12,14-15H,4,6-10H2,1-2H3;(H,6,7)/t12-,14+,15+;/m1./s1. The van der Waals surface area contributed by atoms with Crippen molar-refractivity contribution in [3.05, 3.63) is 21.9 Å². The minimum Gasteiger partial charge on any atom is -0.475 e. The molecule has 3 heterocycles. The summed E-state index contributed by atoms with van der Waals surface area (Å²) in [5.74, 6) is -2.76. The highest BCUT2D eigenvalue weighted by Crippen LogP contribution is 2.33. The highest BCUT2D eigenvalue weighted by molar-refractivity contribution is 7.11. The zero-order chi connectivity index (χ0) is 19.3. The number of carbonyl (C=O) groups is 1. The molecule has 2 aliphatic rings. The summed E-state index contributed by atoms with van der Waals surface area (Å²) in [4.78, 5) is 14.4. The summed E-state index contributed by atoms with van der Waals surface area (Å²) in [6, 6.07) is 5.11. The molecule has 0 saturated carbocycles. The first kappa shape index (κ1) is 21.1. The van der Waals surface area contributed by atoms with Crippen molar-refractivity contribution in [1.82, 2.24) is 4.90 Å². The number of fused-ring (bicyclic) bond motifs is 1. The number of ether oxygens (including phenoxy) is 2. The lowest BCUT2D eigenvalue weighted by Gasteiger charge is -2.35. The molecule has 2 saturated heterocycles. The summed E-state index contributed by atoms with van der Waals surface area (Å²) in [6.45, 7) is 5.19. The fourth-order valence-corrected chi connectivity index (χ4v) is 4.28. The van der Waals surface area contributed by atoms with Gasteiger partial charge in [0.25, 0.3) is 0 Å². The van der Waals surface area contributed by atoms with Crippen molar-refractivity contribution in [1.29, 1.82) is 0 Å². The van der Waals surface area contributed by atoms with Crippen LogP contribution in [0.2, 0.25) is 0 Å². The Morgan fingerprint density at radius 3 is 2.62 bits per heavy atom. The highest BCUT2D eigenvalue weighted by Gasteiger charge is 2.40. The molecule has 5 nitrogen and oxygen atoms in total. The fourth-order valence-electron chi connectivity index (χ4n) is 3.36. The molecule has 0 spiro atoms. The molecule has 1 aromatic rings. The maximum Gasteiger partial charge on any atom is 0.490 e. The lowest BCUT2D eigenvalue weighted by molar-refractivity contribution is -0.192. The second kappa shape index (κ2) is 9.16. The van der Waals surface area contributed by atoms with Gasteiger partial charge in [-0.3, -0.25) is 4.90 Å². The SMILES string of the molecule is COC[C@H]1CC[C@H]2[C@H](CCN2Cc2ccc(C)s2)O1.O=C(O)C(F)(F)F. The number of nitrogens with zero attached hydrogens (tertiary/aromatic N) is 1. The summed E-state index contributed by atoms with van der Waals surface area (Å²) in [5, 5.41) is 7.12. The van der Waals surface area contributed by atoms with Crippen LogP contribution in [-0.4, -0.2) is 60.7 Å². The van der Waals surface area contributed by atoms with Gasteiger partial charge in [0.05, 0.1) is 18.8 Å². The molecule has 0 aliphatic carbocycles. The lowest BCUT2D eigenvalue weighted by Crippen LogP contribution is -2.43. The third-order valence-electron chi connectivity index (χ3n) is 4.50. The minimum atomic E-state index is -5.08. The van der Waals surface area contributed by atoms with Crippen LogP contribution in [-0.2, 0) is 20.8 Å². The van der Waals surface area contributed by atoms with E-state index in [1.165, 1.54) is 29.1 Å². The van der Waals surface area contributed by atoms with E-state index < -0.39 is 12.1 Å². The topological polar surface area (TPSA) is 59.0 Å². The molecule has 0 aromatic carbocycles. The van der Waals surface area contributed by atoms with Gasteiger partial charge >= 0.3 is 12.1 Å². The number of carboxylic acid groups (broad SMARTS) is 1. The van der Waals surface area contributed by atoms with Crippen molar-refractivity contribution in [3.8, 4) is 0 Å². The van der Waals surface area contributed by atoms with Crippen molar-refractivity contribution in [3.63, 3.8) is 0 Å². The minimum absolute atomic E-state index is 0.315. The van der Waals surface area contributed by atoms with E-state index in [1.54, 1.807) is 7.11 Å². The molecule has 26 heavy (non-hydrogen) atoms. The number of halogens is 3. The molecule has 9 heteroatoms. The number of hydrogen-bond acceptors (Lipinski definition) is 5. The molecule has 3 atom stereocenters. The van der Waals surface area contributed by atoms with E-state index in [0.29, 0.717) is 18.2 Å². The van der Waals surface area contributed by atoms with Crippen LogP contribution < -0.4 is 0 Å². The van der Waals surface area contributed by atoms with Crippen LogP contribution in [0, 0.1) is 6.92 Å². The zero-order valence-electron chi connectivity index (χ0n) is 14.8. The molecular weight excluding hydrogens is 371 g/mol. The smallest absolute Gasteiger partial charge is 0.475 e. The van der Waals surface area contributed by atoms with E-state index >= 15 is 0 Å². The van der Waals surface area contributed by atoms with Gasteiger partial charge in [0, 0.05) is 36.0 Å². The van der Waals surface area contributed by atoms with Crippen molar-refractivity contribution in [2.45, 2.75) is 57.2 Å². The summed E-state index contributed by atoms with van der Waals surface area (Å²) in [5.41, 5.74) is 0. The van der Waals surface area contributed by atoms with Gasteiger partial charge in [-0.1, -0.05) is 0 Å². The van der Waals surface area contributed by atoms with E-state index in [9.17, 15) is 13.2 Å². The Bertz CT molecular complexity index is 593. The number of alkyl halides is 3. The van der Waals surface area contributed by atoms with Crippen LogP contribution in [0.1, 0.15) is 29.0 Å². The first-order valence-corrected chi connectivity index (χ1v) is 9.26. The Hall–Kier alpha value is -1.16. The molecule has 0 amide bonds. The maximum absolute atomic E-state index is 10.6. The first-order valence-electron chi connectivity index (χ1n) is 8.44. The molecular formula is C17H24F3NO4S. The summed E-state index contributed by atoms with van der Waals surface area (Å²) in [6.07, 6.45) is -0.780. The Morgan fingerprint density at radius 1 is 1.38 bits per heavy atom. The number of likely N-dealkylation sites (tertiary alicyclic amines) is 1. The number of aryl methyl sites for hydroxylation is 1. The van der Waals surface area contributed by atoms with Crippen LogP contribution in [0.4, 0.5) is 13.2 Å². The zero-order valence-corrected chi connectivity index (χ0v) is 15.6.